The molecule has 4 rings (SSSR count). The molecule has 0 spiro atoms. The van der Waals surface area contributed by atoms with Gasteiger partial charge in [-0.25, -0.2) is 4.79 Å². The average Bonchev–Trinajstić information content (AvgIpc) is 2.33. The number of hydrogen-bond donors (Lipinski definition) is 2. The third-order valence-electron chi connectivity index (χ3n) is 6.44. The summed E-state index contributed by atoms with van der Waals surface area (Å²) in [5.74, 6) is 0.713. The number of nitrogens with zero attached hydrogens (tertiary/aromatic N) is 1. The zero-order valence-corrected chi connectivity index (χ0v) is 14.1. The molecule has 4 bridgehead atoms. The van der Waals surface area contributed by atoms with Crippen LogP contribution in [-0.2, 0) is 0 Å². The number of hydrogen-bond acceptors (Lipinski definition) is 2. The fourth-order valence-corrected chi connectivity index (χ4v) is 6.78. The van der Waals surface area contributed by atoms with Crippen LogP contribution in [0.25, 0.3) is 0 Å². The third kappa shape index (κ3) is 2.75. The molecule has 2 N–H and O–H groups in total. The monoisotopic (exact) mass is 309 g/mol. The first-order valence-electron chi connectivity index (χ1n) is 8.91. The van der Waals surface area contributed by atoms with Crippen LogP contribution in [-0.4, -0.2) is 39.9 Å². The van der Waals surface area contributed by atoms with Crippen molar-refractivity contribution >= 4 is 6.09 Å². The number of carboxylic acid groups (broad SMARTS) is 1. The lowest BCUT2D eigenvalue weighted by Crippen LogP contribution is -2.66. The molecule has 4 nitrogen and oxygen atoms in total. The molecule has 22 heavy (non-hydrogen) atoms. The van der Waals surface area contributed by atoms with Crippen molar-refractivity contribution in [3.8, 4) is 0 Å². The van der Waals surface area contributed by atoms with Crippen LogP contribution in [0.3, 0.4) is 0 Å². The van der Waals surface area contributed by atoms with Crippen LogP contribution >= 0.6 is 0 Å². The molecule has 0 aromatic heterocycles. The Morgan fingerprint density at radius 3 is 2.18 bits per heavy atom. The highest BCUT2D eigenvalue weighted by atomic mass is 16.4. The molecule has 4 atom stereocenters. The van der Waals surface area contributed by atoms with E-state index in [4.69, 9.17) is 5.11 Å². The number of aliphatic hydroxyl groups excluding tert-OH is 1. The van der Waals surface area contributed by atoms with Gasteiger partial charge in [0.1, 0.15) is 0 Å². The van der Waals surface area contributed by atoms with Gasteiger partial charge in [-0.15, -0.1) is 0 Å². The van der Waals surface area contributed by atoms with Crippen LogP contribution in [0.5, 0.6) is 0 Å². The van der Waals surface area contributed by atoms with Crippen molar-refractivity contribution < 1.29 is 15.0 Å². The summed E-state index contributed by atoms with van der Waals surface area (Å²) in [6, 6.07) is 0. The summed E-state index contributed by atoms with van der Waals surface area (Å²) in [7, 11) is 0. The quantitative estimate of drug-likeness (QED) is 0.732. The van der Waals surface area contributed by atoms with Crippen molar-refractivity contribution in [3.05, 3.63) is 0 Å². The molecule has 0 aromatic rings. The highest BCUT2D eigenvalue weighted by Gasteiger charge is 2.62. The van der Waals surface area contributed by atoms with Crippen molar-refractivity contribution in [3.63, 3.8) is 0 Å². The molecule has 4 aliphatic carbocycles. The molecule has 2 unspecified atom stereocenters. The first-order chi connectivity index (χ1) is 10.3. The number of rotatable bonds is 6. The Hall–Kier alpha value is -0.770. The van der Waals surface area contributed by atoms with Gasteiger partial charge in [-0.2, -0.15) is 0 Å². The summed E-state index contributed by atoms with van der Waals surface area (Å²) < 4.78 is 0. The molecular weight excluding hydrogens is 278 g/mol. The molecule has 0 aromatic carbocycles. The van der Waals surface area contributed by atoms with Gasteiger partial charge in [0.2, 0.25) is 0 Å². The summed E-state index contributed by atoms with van der Waals surface area (Å²) in [5, 5.41) is 18.7. The van der Waals surface area contributed by atoms with E-state index in [-0.39, 0.29) is 12.1 Å². The Morgan fingerprint density at radius 1 is 1.05 bits per heavy atom. The van der Waals surface area contributed by atoms with E-state index in [1.165, 1.54) is 19.3 Å². The van der Waals surface area contributed by atoms with Gasteiger partial charge in [0, 0.05) is 18.7 Å². The molecule has 0 radical (unpaired) electrons. The van der Waals surface area contributed by atoms with Crippen LogP contribution in [0.1, 0.15) is 71.6 Å². The second kappa shape index (κ2) is 5.40. The van der Waals surface area contributed by atoms with E-state index < -0.39 is 6.09 Å². The van der Waals surface area contributed by atoms with Crippen molar-refractivity contribution in [2.45, 2.75) is 77.2 Å². The lowest BCUT2D eigenvalue weighted by atomic mass is 9.42. The minimum absolute atomic E-state index is 0.117. The van der Waals surface area contributed by atoms with E-state index in [9.17, 15) is 9.90 Å². The standard InChI is InChI=1S/C18H31NO3/c1-16-8-14-9-17(2,11-16)13-18(10-14,12-16)19(15(21)22)6-4-3-5-7-20/h14,20H,3-13H2,1-2H3,(H,21,22)/t14?,16-,17+,18?. The van der Waals surface area contributed by atoms with Crippen LogP contribution in [0.4, 0.5) is 4.79 Å². The van der Waals surface area contributed by atoms with Crippen molar-refractivity contribution in [1.82, 2.24) is 4.90 Å². The van der Waals surface area contributed by atoms with E-state index in [0.717, 1.165) is 38.5 Å². The number of carbonyl (C=O) groups is 1. The smallest absolute Gasteiger partial charge is 0.407 e. The van der Waals surface area contributed by atoms with Gasteiger partial charge in [0.25, 0.3) is 0 Å². The maximum atomic E-state index is 12.0. The highest BCUT2D eigenvalue weighted by molar-refractivity contribution is 5.66. The maximum Gasteiger partial charge on any atom is 0.407 e. The number of amides is 1. The van der Waals surface area contributed by atoms with Gasteiger partial charge >= 0.3 is 6.09 Å². The Kier molecular flexibility index (Phi) is 3.95. The predicted octanol–water partition coefficient (Wildman–Crippen LogP) is 3.88. The lowest BCUT2D eigenvalue weighted by Gasteiger charge is -2.67. The van der Waals surface area contributed by atoms with E-state index in [2.05, 4.69) is 13.8 Å². The second-order valence-corrected chi connectivity index (χ2v) is 9.07. The van der Waals surface area contributed by atoms with Gasteiger partial charge in [-0.05, 0) is 74.5 Å². The van der Waals surface area contributed by atoms with Gasteiger partial charge in [-0.3, -0.25) is 0 Å². The van der Waals surface area contributed by atoms with Crippen molar-refractivity contribution in [2.24, 2.45) is 16.7 Å². The molecule has 4 heteroatoms. The molecule has 4 saturated carbocycles. The third-order valence-corrected chi connectivity index (χ3v) is 6.44. The Morgan fingerprint density at radius 2 is 1.68 bits per heavy atom. The molecule has 0 heterocycles. The number of aliphatic hydroxyl groups is 1. The summed E-state index contributed by atoms with van der Waals surface area (Å²) >= 11 is 0. The molecule has 4 fully saturated rings. The minimum Gasteiger partial charge on any atom is -0.465 e. The SMILES string of the molecule is C[C@]12CC3CC(N(CCCCCO)C(=O)O)(C1)C[C@@](C)(C3)C2. The maximum absolute atomic E-state index is 12.0. The van der Waals surface area contributed by atoms with Crippen molar-refractivity contribution in [1.29, 1.82) is 0 Å². The normalized spacial score (nSPS) is 42.6. The van der Waals surface area contributed by atoms with Gasteiger partial charge in [-0.1, -0.05) is 13.8 Å². The Bertz CT molecular complexity index is 432. The van der Waals surface area contributed by atoms with Crippen molar-refractivity contribution in [2.75, 3.05) is 13.2 Å². The van der Waals surface area contributed by atoms with Gasteiger partial charge < -0.3 is 15.1 Å². The molecule has 1 amide bonds. The van der Waals surface area contributed by atoms with Crippen LogP contribution in [0.15, 0.2) is 0 Å². The van der Waals surface area contributed by atoms with Crippen LogP contribution < -0.4 is 0 Å². The fourth-order valence-electron chi connectivity index (χ4n) is 6.78. The van der Waals surface area contributed by atoms with E-state index in [1.807, 2.05) is 0 Å². The molecule has 0 saturated heterocycles. The van der Waals surface area contributed by atoms with E-state index >= 15 is 0 Å². The average molecular weight is 309 g/mol. The minimum atomic E-state index is -0.738. The zero-order chi connectivity index (χ0) is 16.0. The molecule has 4 aliphatic rings. The largest absolute Gasteiger partial charge is 0.465 e. The molecule has 0 aliphatic heterocycles. The van der Waals surface area contributed by atoms with Gasteiger partial charge in [0.05, 0.1) is 0 Å². The zero-order valence-electron chi connectivity index (χ0n) is 14.1. The lowest BCUT2D eigenvalue weighted by molar-refractivity contribution is -0.152. The Balaban J connectivity index is 1.79. The summed E-state index contributed by atoms with van der Waals surface area (Å²) in [5.41, 5.74) is 0.563. The topological polar surface area (TPSA) is 60.8 Å². The highest BCUT2D eigenvalue weighted by Crippen LogP contribution is 2.67. The molecular formula is C18H31NO3. The van der Waals surface area contributed by atoms with Gasteiger partial charge in [0.15, 0.2) is 0 Å². The second-order valence-electron chi connectivity index (χ2n) is 9.07. The first kappa shape index (κ1) is 16.1. The summed E-state index contributed by atoms with van der Waals surface area (Å²) in [6.07, 6.45) is 8.86. The Labute approximate surface area is 133 Å². The number of unbranched alkanes of at least 4 members (excludes halogenated alkanes) is 2. The summed E-state index contributed by atoms with van der Waals surface area (Å²) in [4.78, 5) is 13.8. The van der Waals surface area contributed by atoms with E-state index in [0.29, 0.717) is 23.3 Å². The first-order valence-corrected chi connectivity index (χ1v) is 8.91. The van der Waals surface area contributed by atoms with Crippen LogP contribution in [0.2, 0.25) is 0 Å². The van der Waals surface area contributed by atoms with Crippen LogP contribution in [0, 0.1) is 16.7 Å². The molecule has 126 valence electrons. The predicted molar refractivity (Wildman–Crippen MR) is 85.8 cm³/mol. The summed E-state index contributed by atoms with van der Waals surface area (Å²) in [6.45, 7) is 5.61. The fraction of sp³-hybridized carbons (Fsp3) is 0.944. The van der Waals surface area contributed by atoms with E-state index in [1.54, 1.807) is 4.90 Å².